The fourth-order valence-electron chi connectivity index (χ4n) is 0.779. The van der Waals surface area contributed by atoms with Crippen LogP contribution in [0.2, 0.25) is 0 Å². The highest BCUT2D eigenvalue weighted by Crippen LogP contribution is 2.14. The van der Waals surface area contributed by atoms with Crippen LogP contribution in [0.5, 0.6) is 0 Å². The topological polar surface area (TPSA) is 43.4 Å². The lowest BCUT2D eigenvalue weighted by molar-refractivity contribution is 0.355. The van der Waals surface area contributed by atoms with Crippen molar-refractivity contribution in [3.05, 3.63) is 34.8 Å². The minimum atomic E-state index is -3.59. The summed E-state index contributed by atoms with van der Waals surface area (Å²) in [6, 6.07) is 6.43. The lowest BCUT2D eigenvalue weighted by Crippen LogP contribution is -2.05. The third-order valence-corrected chi connectivity index (χ3v) is 3.39. The quantitative estimate of drug-likeness (QED) is 0.632. The van der Waals surface area contributed by atoms with Gasteiger partial charge in [-0.3, -0.25) is 4.18 Å². The summed E-state index contributed by atoms with van der Waals surface area (Å²) in [4.78, 5) is 0.163. The summed E-state index contributed by atoms with van der Waals surface area (Å²) in [5, 5.41) is 0. The molecule has 0 aliphatic rings. The Morgan fingerprint density at radius 2 is 1.85 bits per heavy atom. The van der Waals surface area contributed by atoms with E-state index in [1.165, 1.54) is 12.1 Å². The van der Waals surface area contributed by atoms with Gasteiger partial charge in [-0.25, -0.2) is 0 Å². The van der Waals surface area contributed by atoms with Crippen molar-refractivity contribution in [3.8, 4) is 0 Å². The Balaban J connectivity index is 3.02. The van der Waals surface area contributed by atoms with Gasteiger partial charge >= 0.3 is 0 Å². The number of rotatable bonds is 3. The van der Waals surface area contributed by atoms with Crippen LogP contribution in [0.15, 0.2) is 29.2 Å². The van der Waals surface area contributed by atoms with Gasteiger partial charge in [-0.15, -0.1) is 0 Å². The number of benzene rings is 1. The average molecular weight is 311 g/mol. The monoisotopic (exact) mass is 311 g/mol. The van der Waals surface area contributed by atoms with Gasteiger partial charge in [-0.2, -0.15) is 8.42 Å². The van der Waals surface area contributed by atoms with E-state index >= 15 is 0 Å². The van der Waals surface area contributed by atoms with Crippen LogP contribution in [-0.2, 0) is 14.3 Å². The molecule has 1 rings (SSSR count). The predicted octanol–water partition coefficient (Wildman–Crippen LogP) is 1.83. The predicted molar refractivity (Wildman–Crippen MR) is 57.7 cm³/mol. The van der Waals surface area contributed by atoms with E-state index in [9.17, 15) is 8.42 Å². The summed E-state index contributed by atoms with van der Waals surface area (Å²) in [5.41, 5.74) is 0. The van der Waals surface area contributed by atoms with E-state index in [1.54, 1.807) is 12.1 Å². The van der Waals surface area contributed by atoms with Gasteiger partial charge in [0, 0.05) is 3.57 Å². The van der Waals surface area contributed by atoms with Crippen molar-refractivity contribution in [2.75, 3.05) is 6.61 Å². The molecule has 0 aliphatic carbocycles. The lowest BCUT2D eigenvalue weighted by atomic mass is 10.4. The maximum atomic E-state index is 11.3. The summed E-state index contributed by atoms with van der Waals surface area (Å²) in [5.74, 6) is 0. The zero-order valence-corrected chi connectivity index (χ0v) is 9.71. The molecule has 13 heavy (non-hydrogen) atoms. The highest BCUT2D eigenvalue weighted by molar-refractivity contribution is 14.1. The molecule has 0 aromatic heterocycles. The summed E-state index contributed by atoms with van der Waals surface area (Å²) < 4.78 is 28.0. The van der Waals surface area contributed by atoms with Crippen LogP contribution < -0.4 is 0 Å². The van der Waals surface area contributed by atoms with E-state index < -0.39 is 10.1 Å². The van der Waals surface area contributed by atoms with Gasteiger partial charge in [0.25, 0.3) is 10.1 Å². The Morgan fingerprint density at radius 3 is 2.31 bits per heavy atom. The second-order valence-electron chi connectivity index (χ2n) is 2.23. The molecule has 71 valence electrons. The summed E-state index contributed by atoms with van der Waals surface area (Å²) in [6.07, 6.45) is 0. The van der Waals surface area contributed by atoms with Crippen molar-refractivity contribution >= 4 is 32.7 Å². The van der Waals surface area contributed by atoms with Crippen LogP contribution in [-0.4, -0.2) is 15.0 Å². The summed E-state index contributed by atoms with van der Waals surface area (Å²) in [7, 11) is -3.59. The van der Waals surface area contributed by atoms with Crippen LogP contribution in [0, 0.1) is 10.5 Å². The first-order valence-corrected chi connectivity index (χ1v) is 5.99. The van der Waals surface area contributed by atoms with E-state index in [-0.39, 0.29) is 11.5 Å². The molecular formula is C8H8IO3S. The summed E-state index contributed by atoms with van der Waals surface area (Å²) >= 11 is 2.10. The van der Waals surface area contributed by atoms with E-state index in [0.717, 1.165) is 3.57 Å². The highest BCUT2D eigenvalue weighted by Gasteiger charge is 2.12. The molecule has 0 heterocycles. The largest absolute Gasteiger partial charge is 0.296 e. The van der Waals surface area contributed by atoms with Crippen molar-refractivity contribution in [1.82, 2.24) is 0 Å². The number of hydrogen-bond donors (Lipinski definition) is 0. The molecule has 1 radical (unpaired) electrons. The third kappa shape index (κ3) is 2.92. The molecule has 0 bridgehead atoms. The molecule has 0 saturated carbocycles. The standard InChI is InChI=1S/C8H8IO3S/c1-2-12-13(10,11)8-5-3-7(9)4-6-8/h3-6H,1-2H2. The maximum Gasteiger partial charge on any atom is 0.296 e. The van der Waals surface area contributed by atoms with Crippen LogP contribution in [0.4, 0.5) is 0 Å². The smallest absolute Gasteiger partial charge is 0.266 e. The molecule has 0 aliphatic heterocycles. The number of hydrogen-bond acceptors (Lipinski definition) is 3. The summed E-state index contributed by atoms with van der Waals surface area (Å²) in [6.45, 7) is 3.22. The minimum absolute atomic E-state index is 0.0890. The van der Waals surface area contributed by atoms with Gasteiger partial charge in [0.05, 0.1) is 11.5 Å². The zero-order chi connectivity index (χ0) is 9.90. The fraction of sp³-hybridized carbons (Fsp3) is 0.125. The van der Waals surface area contributed by atoms with Gasteiger partial charge in [0.15, 0.2) is 0 Å². The van der Waals surface area contributed by atoms with Crippen molar-refractivity contribution in [3.63, 3.8) is 0 Å². The van der Waals surface area contributed by atoms with Crippen molar-refractivity contribution in [2.24, 2.45) is 0 Å². The van der Waals surface area contributed by atoms with Gasteiger partial charge in [0.2, 0.25) is 0 Å². The molecule has 0 N–H and O–H groups in total. The highest BCUT2D eigenvalue weighted by atomic mass is 127. The van der Waals surface area contributed by atoms with Gasteiger partial charge < -0.3 is 0 Å². The normalized spacial score (nSPS) is 11.5. The second kappa shape index (κ2) is 4.39. The molecule has 0 spiro atoms. The SMILES string of the molecule is [CH2]COS(=O)(=O)c1ccc(I)cc1. The Labute approximate surface area is 91.4 Å². The maximum absolute atomic E-state index is 11.3. The molecule has 0 atom stereocenters. The fourth-order valence-corrected chi connectivity index (χ4v) is 1.96. The zero-order valence-electron chi connectivity index (χ0n) is 6.73. The Kier molecular flexibility index (Phi) is 3.69. The molecule has 1 aromatic rings. The van der Waals surface area contributed by atoms with E-state index in [1.807, 2.05) is 0 Å². The molecule has 3 nitrogen and oxygen atoms in total. The molecule has 5 heteroatoms. The first-order valence-electron chi connectivity index (χ1n) is 3.50. The van der Waals surface area contributed by atoms with Gasteiger partial charge in [-0.1, -0.05) is 0 Å². The molecule has 0 amide bonds. The van der Waals surface area contributed by atoms with E-state index in [4.69, 9.17) is 0 Å². The minimum Gasteiger partial charge on any atom is -0.266 e. The molecule has 0 fully saturated rings. The van der Waals surface area contributed by atoms with E-state index in [2.05, 4.69) is 33.7 Å². The van der Waals surface area contributed by atoms with Gasteiger partial charge in [0.1, 0.15) is 0 Å². The van der Waals surface area contributed by atoms with Crippen LogP contribution in [0.1, 0.15) is 0 Å². The number of halogens is 1. The lowest BCUT2D eigenvalue weighted by Gasteiger charge is -2.02. The third-order valence-electron chi connectivity index (χ3n) is 1.34. The van der Waals surface area contributed by atoms with Gasteiger partial charge in [-0.05, 0) is 53.8 Å². The van der Waals surface area contributed by atoms with Crippen LogP contribution in [0.3, 0.4) is 0 Å². The second-order valence-corrected chi connectivity index (χ2v) is 5.09. The first kappa shape index (κ1) is 10.9. The Bertz CT molecular complexity index is 369. The van der Waals surface area contributed by atoms with Crippen molar-refractivity contribution in [2.45, 2.75) is 4.90 Å². The average Bonchev–Trinajstić information content (AvgIpc) is 2.05. The van der Waals surface area contributed by atoms with Crippen LogP contribution >= 0.6 is 22.6 Å². The van der Waals surface area contributed by atoms with E-state index in [0.29, 0.717) is 0 Å². The van der Waals surface area contributed by atoms with Crippen molar-refractivity contribution < 1.29 is 12.6 Å². The van der Waals surface area contributed by atoms with Crippen LogP contribution in [0.25, 0.3) is 0 Å². The molecule has 0 saturated heterocycles. The molecular weight excluding hydrogens is 303 g/mol. The Morgan fingerprint density at radius 1 is 1.31 bits per heavy atom. The first-order chi connectivity index (χ1) is 6.06. The molecule has 1 aromatic carbocycles. The Hall–Kier alpha value is -0.140. The van der Waals surface area contributed by atoms with Crippen molar-refractivity contribution in [1.29, 1.82) is 0 Å². The molecule has 0 unspecified atom stereocenters.